The molecule has 1 aromatic rings. The first kappa shape index (κ1) is 15.4. The molecule has 0 aliphatic heterocycles. The number of rotatable bonds is 5. The Kier molecular flexibility index (Phi) is 5.70. The summed E-state index contributed by atoms with van der Waals surface area (Å²) in [6.07, 6.45) is -0.204. The van der Waals surface area contributed by atoms with E-state index in [0.717, 1.165) is 0 Å². The molecule has 0 saturated heterocycles. The smallest absolute Gasteiger partial charge is 0.387 e. The van der Waals surface area contributed by atoms with Gasteiger partial charge in [0.25, 0.3) is 0 Å². The molecule has 0 N–H and O–H groups in total. The molecule has 0 aromatic heterocycles. The minimum atomic E-state index is -3.03. The molecule has 0 atom stereocenters. The molecule has 102 valence electrons. The van der Waals surface area contributed by atoms with Crippen LogP contribution in [0.2, 0.25) is 0 Å². The van der Waals surface area contributed by atoms with Crippen molar-refractivity contribution in [2.75, 3.05) is 7.11 Å². The Morgan fingerprint density at radius 3 is 2.63 bits per heavy atom. The van der Waals surface area contributed by atoms with Crippen molar-refractivity contribution in [2.45, 2.75) is 18.4 Å². The molecule has 4 nitrogen and oxygen atoms in total. The molecule has 0 aliphatic carbocycles. The molecule has 0 fully saturated rings. The van der Waals surface area contributed by atoms with Gasteiger partial charge in [-0.2, -0.15) is 14.0 Å². The van der Waals surface area contributed by atoms with Gasteiger partial charge in [-0.1, -0.05) is 15.9 Å². The molecule has 0 radical (unpaired) electrons. The summed E-state index contributed by atoms with van der Waals surface area (Å²) in [4.78, 5) is 11.2. The molecule has 0 heterocycles. The van der Waals surface area contributed by atoms with Gasteiger partial charge in [0, 0.05) is 10.9 Å². The molecule has 0 bridgehead atoms. The summed E-state index contributed by atoms with van der Waals surface area (Å²) < 4.78 is 33.4. The highest BCUT2D eigenvalue weighted by Crippen LogP contribution is 2.27. The van der Waals surface area contributed by atoms with E-state index in [9.17, 15) is 13.6 Å². The van der Waals surface area contributed by atoms with Gasteiger partial charge in [0.2, 0.25) is 0 Å². The SMILES string of the molecule is COC(=O)Cc1cc(CBr)c(C#N)cc1OC(F)F. The number of hydrogen-bond donors (Lipinski definition) is 0. The van der Waals surface area contributed by atoms with Gasteiger partial charge in [-0.15, -0.1) is 0 Å². The molecule has 0 spiro atoms. The number of ether oxygens (including phenoxy) is 2. The molecule has 0 saturated carbocycles. The predicted molar refractivity (Wildman–Crippen MR) is 66.1 cm³/mol. The Morgan fingerprint density at radius 2 is 2.16 bits per heavy atom. The maximum Gasteiger partial charge on any atom is 0.387 e. The van der Waals surface area contributed by atoms with Crippen LogP contribution in [0, 0.1) is 11.3 Å². The van der Waals surface area contributed by atoms with E-state index in [0.29, 0.717) is 10.9 Å². The number of halogens is 3. The molecular weight excluding hydrogens is 324 g/mol. The van der Waals surface area contributed by atoms with Crippen LogP contribution in [0.25, 0.3) is 0 Å². The van der Waals surface area contributed by atoms with Crippen molar-refractivity contribution >= 4 is 21.9 Å². The average molecular weight is 334 g/mol. The second-order valence-electron chi connectivity index (χ2n) is 3.49. The van der Waals surface area contributed by atoms with Crippen molar-refractivity contribution in [1.82, 2.24) is 0 Å². The van der Waals surface area contributed by atoms with E-state index in [4.69, 9.17) is 5.26 Å². The summed E-state index contributed by atoms with van der Waals surface area (Å²) in [5.74, 6) is -0.772. The summed E-state index contributed by atoms with van der Waals surface area (Å²) in [5, 5.41) is 9.28. The van der Waals surface area contributed by atoms with Gasteiger partial charge in [0.1, 0.15) is 5.75 Å². The summed E-state index contributed by atoms with van der Waals surface area (Å²) in [6, 6.07) is 4.55. The largest absolute Gasteiger partial charge is 0.469 e. The third-order valence-corrected chi connectivity index (χ3v) is 2.93. The Morgan fingerprint density at radius 1 is 1.47 bits per heavy atom. The van der Waals surface area contributed by atoms with E-state index >= 15 is 0 Å². The molecular formula is C12H10BrF2NO3. The van der Waals surface area contributed by atoms with Crippen LogP contribution in [0.3, 0.4) is 0 Å². The molecule has 0 amide bonds. The van der Waals surface area contributed by atoms with E-state index in [2.05, 4.69) is 25.4 Å². The Balaban J connectivity index is 3.23. The number of carbonyl (C=O) groups is 1. The third-order valence-electron chi connectivity index (χ3n) is 2.33. The van der Waals surface area contributed by atoms with Crippen LogP contribution >= 0.6 is 15.9 Å². The first-order valence-corrected chi connectivity index (χ1v) is 6.27. The first-order valence-electron chi connectivity index (χ1n) is 5.15. The molecule has 7 heteroatoms. The van der Waals surface area contributed by atoms with Crippen LogP contribution in [0.1, 0.15) is 16.7 Å². The summed E-state index contributed by atoms with van der Waals surface area (Å²) in [7, 11) is 1.20. The summed E-state index contributed by atoms with van der Waals surface area (Å²) >= 11 is 3.19. The van der Waals surface area contributed by atoms with Gasteiger partial charge in [-0.3, -0.25) is 4.79 Å². The topological polar surface area (TPSA) is 59.3 Å². The Bertz CT molecular complexity index is 514. The number of carbonyl (C=O) groups excluding carboxylic acids is 1. The molecule has 0 aliphatic rings. The highest BCUT2D eigenvalue weighted by molar-refractivity contribution is 9.08. The first-order chi connectivity index (χ1) is 9.01. The number of nitrogens with zero attached hydrogens (tertiary/aromatic N) is 1. The van der Waals surface area contributed by atoms with E-state index < -0.39 is 12.6 Å². The fraction of sp³-hybridized carbons (Fsp3) is 0.333. The number of alkyl halides is 3. The van der Waals surface area contributed by atoms with Gasteiger partial charge in [-0.25, -0.2) is 0 Å². The summed E-state index contributed by atoms with van der Waals surface area (Å²) in [6.45, 7) is -3.03. The third kappa shape index (κ3) is 4.17. The predicted octanol–water partition coefficient (Wildman–Crippen LogP) is 2.77. The van der Waals surface area contributed by atoms with E-state index in [1.54, 1.807) is 0 Å². The monoisotopic (exact) mass is 333 g/mol. The molecule has 1 aromatic carbocycles. The van der Waals surface area contributed by atoms with Gasteiger partial charge >= 0.3 is 12.6 Å². The second-order valence-corrected chi connectivity index (χ2v) is 4.05. The van der Waals surface area contributed by atoms with E-state index in [1.807, 2.05) is 6.07 Å². The van der Waals surface area contributed by atoms with E-state index in [1.165, 1.54) is 19.2 Å². The van der Waals surface area contributed by atoms with Crippen LogP contribution in [0.15, 0.2) is 12.1 Å². The van der Waals surface area contributed by atoms with Crippen molar-refractivity contribution in [3.05, 3.63) is 28.8 Å². The van der Waals surface area contributed by atoms with Crippen molar-refractivity contribution in [1.29, 1.82) is 5.26 Å². The summed E-state index contributed by atoms with van der Waals surface area (Å²) in [5.41, 5.74) is 1.05. The van der Waals surface area contributed by atoms with Crippen LogP contribution in [0.5, 0.6) is 5.75 Å². The lowest BCUT2D eigenvalue weighted by molar-refractivity contribution is -0.139. The number of methoxy groups -OCH3 is 1. The molecule has 0 unspecified atom stereocenters. The fourth-order valence-electron chi connectivity index (χ4n) is 1.46. The zero-order chi connectivity index (χ0) is 14.4. The second kappa shape index (κ2) is 7.04. The van der Waals surface area contributed by atoms with Gasteiger partial charge in [-0.05, 0) is 17.7 Å². The van der Waals surface area contributed by atoms with Crippen LogP contribution in [-0.2, 0) is 21.3 Å². The van der Waals surface area contributed by atoms with Gasteiger partial charge < -0.3 is 9.47 Å². The maximum absolute atomic E-state index is 12.3. The van der Waals surface area contributed by atoms with Gasteiger partial charge in [0.05, 0.1) is 25.2 Å². The standard InChI is InChI=1S/C12H10BrF2NO3/c1-18-11(17)4-7-2-8(5-13)9(6-16)3-10(7)19-12(14)15/h2-3,12H,4-5H2,1H3. The minimum Gasteiger partial charge on any atom is -0.469 e. The van der Waals surface area contributed by atoms with Crippen LogP contribution in [0.4, 0.5) is 8.78 Å². The average Bonchev–Trinajstić information content (AvgIpc) is 2.39. The lowest BCUT2D eigenvalue weighted by Gasteiger charge is -2.12. The van der Waals surface area contributed by atoms with Crippen molar-refractivity contribution in [3.8, 4) is 11.8 Å². The van der Waals surface area contributed by atoms with Crippen molar-refractivity contribution in [2.24, 2.45) is 0 Å². The highest BCUT2D eigenvalue weighted by Gasteiger charge is 2.16. The quantitative estimate of drug-likeness (QED) is 0.614. The lowest BCUT2D eigenvalue weighted by Crippen LogP contribution is -2.10. The molecule has 1 rings (SSSR count). The number of nitriles is 1. The lowest BCUT2D eigenvalue weighted by atomic mass is 10.0. The van der Waals surface area contributed by atoms with Crippen LogP contribution < -0.4 is 4.74 Å². The van der Waals surface area contributed by atoms with Crippen molar-refractivity contribution < 1.29 is 23.0 Å². The maximum atomic E-state index is 12.3. The van der Waals surface area contributed by atoms with Crippen molar-refractivity contribution in [3.63, 3.8) is 0 Å². The number of benzene rings is 1. The highest BCUT2D eigenvalue weighted by atomic mass is 79.9. The zero-order valence-electron chi connectivity index (χ0n) is 9.95. The van der Waals surface area contributed by atoms with Crippen LogP contribution in [-0.4, -0.2) is 19.7 Å². The minimum absolute atomic E-state index is 0.193. The fourth-order valence-corrected chi connectivity index (χ4v) is 1.93. The Labute approximate surface area is 117 Å². The Hall–Kier alpha value is -1.68. The zero-order valence-corrected chi connectivity index (χ0v) is 11.5. The number of hydrogen-bond acceptors (Lipinski definition) is 4. The van der Waals surface area contributed by atoms with Gasteiger partial charge in [0.15, 0.2) is 0 Å². The van der Waals surface area contributed by atoms with E-state index in [-0.39, 0.29) is 23.3 Å². The molecule has 19 heavy (non-hydrogen) atoms. The normalized spacial score (nSPS) is 10.1. The number of esters is 1.